The summed E-state index contributed by atoms with van der Waals surface area (Å²) in [6.45, 7) is 6.90. The predicted octanol–water partition coefficient (Wildman–Crippen LogP) is 7.30. The van der Waals surface area contributed by atoms with Gasteiger partial charge < -0.3 is 24.2 Å². The van der Waals surface area contributed by atoms with Gasteiger partial charge in [-0.3, -0.25) is 19.3 Å². The first-order chi connectivity index (χ1) is 31.1. The number of amides is 2. The van der Waals surface area contributed by atoms with E-state index in [-0.39, 0.29) is 66.2 Å². The number of carbonyl (C=O) groups is 3. The van der Waals surface area contributed by atoms with Gasteiger partial charge in [-0.05, 0) is 85.7 Å². The number of carboxylic acid groups (broad SMARTS) is 1. The normalized spacial score (nSPS) is 15.3. The molecular weight excluding hydrogens is 885 g/mol. The lowest BCUT2D eigenvalue weighted by molar-refractivity contribution is -0.192. The SMILES string of the molecule is CC(C)(C(=O)N1CCOCC1)N1CCC(N(Cc2ccc(-c3ccc(C(F)(F)F)cc3)cc2)C(=O)Cn2c(CCc3cccc(F)c3F)nc(=O)c3cccnc32)CC1.O=C(O)C(F)(F)F. The number of carbonyl (C=O) groups excluding carboxylic acids is 2. The third-order valence-electron chi connectivity index (χ3n) is 11.7. The molecule has 4 heterocycles. The Hall–Kier alpha value is -6.28. The van der Waals surface area contributed by atoms with Crippen molar-refractivity contribution in [3.05, 3.63) is 130 Å². The highest BCUT2D eigenvalue weighted by Gasteiger charge is 2.41. The Balaban J connectivity index is 0.000000952. The van der Waals surface area contributed by atoms with Gasteiger partial charge in [0.25, 0.3) is 5.56 Å². The van der Waals surface area contributed by atoms with E-state index in [1.54, 1.807) is 33.7 Å². The number of aromatic nitrogens is 3. The molecule has 0 unspecified atom stereocenters. The average molecular weight is 931 g/mol. The van der Waals surface area contributed by atoms with Crippen molar-refractivity contribution in [2.45, 2.75) is 76.6 Å². The molecule has 3 aromatic carbocycles. The number of carboxylic acids is 1. The number of hydrogen-bond acceptors (Lipinski definition) is 8. The Kier molecular flexibility index (Phi) is 15.3. The lowest BCUT2D eigenvalue weighted by Gasteiger charge is -2.46. The molecule has 0 spiro atoms. The maximum absolute atomic E-state index is 14.7. The summed E-state index contributed by atoms with van der Waals surface area (Å²) in [6, 6.07) is 19.0. The van der Waals surface area contributed by atoms with Crippen LogP contribution in [0.1, 0.15) is 49.2 Å². The predicted molar refractivity (Wildman–Crippen MR) is 225 cm³/mol. The van der Waals surface area contributed by atoms with Crippen LogP contribution in [0.25, 0.3) is 22.2 Å². The molecule has 2 aromatic heterocycles. The fourth-order valence-electron chi connectivity index (χ4n) is 8.01. The molecule has 12 nitrogen and oxygen atoms in total. The summed E-state index contributed by atoms with van der Waals surface area (Å²) in [6.07, 6.45) is -6.88. The summed E-state index contributed by atoms with van der Waals surface area (Å²) < 4.78 is 107. The summed E-state index contributed by atoms with van der Waals surface area (Å²) >= 11 is 0. The van der Waals surface area contributed by atoms with E-state index in [9.17, 15) is 49.5 Å². The first kappa shape index (κ1) is 49.2. The molecule has 0 radical (unpaired) electrons. The van der Waals surface area contributed by atoms with Crippen LogP contribution in [0.2, 0.25) is 0 Å². The van der Waals surface area contributed by atoms with E-state index >= 15 is 0 Å². The van der Waals surface area contributed by atoms with E-state index in [1.807, 2.05) is 30.9 Å². The van der Waals surface area contributed by atoms with Crippen LogP contribution in [0, 0.1) is 11.6 Å². The van der Waals surface area contributed by atoms with Gasteiger partial charge in [0.2, 0.25) is 11.8 Å². The Labute approximate surface area is 373 Å². The quantitative estimate of drug-likeness (QED) is 0.135. The molecule has 2 saturated heterocycles. The molecule has 0 saturated carbocycles. The molecule has 20 heteroatoms. The summed E-state index contributed by atoms with van der Waals surface area (Å²) in [4.78, 5) is 65.0. The molecule has 352 valence electrons. The number of piperidine rings is 1. The average Bonchev–Trinajstić information content (AvgIpc) is 3.29. The van der Waals surface area contributed by atoms with Gasteiger partial charge in [-0.15, -0.1) is 0 Å². The number of aliphatic carboxylic acids is 1. The summed E-state index contributed by atoms with van der Waals surface area (Å²) in [7, 11) is 0. The second-order valence-corrected chi connectivity index (χ2v) is 16.3. The van der Waals surface area contributed by atoms with E-state index in [4.69, 9.17) is 14.6 Å². The van der Waals surface area contributed by atoms with Gasteiger partial charge in [-0.25, -0.2) is 18.6 Å². The van der Waals surface area contributed by atoms with Crippen LogP contribution >= 0.6 is 0 Å². The number of benzene rings is 3. The Morgan fingerprint density at radius 1 is 0.818 bits per heavy atom. The standard InChI is InChI=1S/C44H45F5N6O4.C2HF3O2/c1-43(2,42(58)52-23-25-59-26-24-52)53-21-18-34(19-22-53)54(27-29-8-10-30(11-9-29)31-12-15-33(16-13-31)44(47,48)49)38(56)28-55-37(17-14-32-5-3-7-36(45)39(32)46)51-41(57)35-6-4-20-50-40(35)55;3-2(4,5)1(6)7/h3-13,15-16,20,34H,14,17-19,21-28H2,1-2H3;(H,6,7). The number of rotatable bonds is 11. The van der Waals surface area contributed by atoms with E-state index < -0.39 is 46.6 Å². The van der Waals surface area contributed by atoms with Crippen LogP contribution in [0.4, 0.5) is 35.1 Å². The minimum absolute atomic E-state index is 0.00891. The lowest BCUT2D eigenvalue weighted by atomic mass is 9.93. The molecule has 0 aliphatic carbocycles. The maximum Gasteiger partial charge on any atom is 0.490 e. The Bertz CT molecular complexity index is 2570. The number of halogens is 8. The second kappa shape index (κ2) is 20.5. The number of hydrogen-bond donors (Lipinski definition) is 1. The van der Waals surface area contributed by atoms with Crippen LogP contribution in [0.3, 0.4) is 0 Å². The van der Waals surface area contributed by atoms with Gasteiger partial charge in [-0.1, -0.05) is 48.5 Å². The molecule has 2 amide bonds. The number of pyridine rings is 1. The Morgan fingerprint density at radius 3 is 2.02 bits per heavy atom. The van der Waals surface area contributed by atoms with Gasteiger partial charge >= 0.3 is 18.3 Å². The zero-order valence-electron chi connectivity index (χ0n) is 35.8. The molecule has 2 aliphatic heterocycles. The molecule has 5 aromatic rings. The van der Waals surface area contributed by atoms with Gasteiger partial charge in [-0.2, -0.15) is 31.3 Å². The molecule has 66 heavy (non-hydrogen) atoms. The lowest BCUT2D eigenvalue weighted by Crippen LogP contribution is -2.61. The molecule has 0 atom stereocenters. The van der Waals surface area contributed by atoms with Crippen molar-refractivity contribution in [1.82, 2.24) is 29.2 Å². The monoisotopic (exact) mass is 930 g/mol. The van der Waals surface area contributed by atoms with Crippen LogP contribution in [-0.4, -0.2) is 109 Å². The van der Waals surface area contributed by atoms with Crippen LogP contribution in [0.15, 0.2) is 89.9 Å². The highest BCUT2D eigenvalue weighted by molar-refractivity contribution is 5.85. The topological polar surface area (TPSA) is 138 Å². The minimum atomic E-state index is -5.08. The largest absolute Gasteiger partial charge is 0.490 e. The van der Waals surface area contributed by atoms with Crippen molar-refractivity contribution in [2.24, 2.45) is 0 Å². The van der Waals surface area contributed by atoms with Crippen molar-refractivity contribution < 1.29 is 59.4 Å². The maximum atomic E-state index is 14.7. The van der Waals surface area contributed by atoms with Crippen molar-refractivity contribution in [2.75, 3.05) is 39.4 Å². The molecule has 1 N–H and O–H groups in total. The molecule has 2 fully saturated rings. The van der Waals surface area contributed by atoms with Gasteiger partial charge in [0.15, 0.2) is 11.6 Å². The van der Waals surface area contributed by atoms with Crippen molar-refractivity contribution in [3.8, 4) is 11.1 Å². The number of morpholine rings is 1. The zero-order chi connectivity index (χ0) is 48.0. The molecule has 0 bridgehead atoms. The Morgan fingerprint density at radius 2 is 1.42 bits per heavy atom. The van der Waals surface area contributed by atoms with Crippen LogP contribution in [-0.2, 0) is 51.2 Å². The fraction of sp³-hybridized carbons (Fsp3) is 0.391. The highest BCUT2D eigenvalue weighted by Crippen LogP contribution is 2.32. The summed E-state index contributed by atoms with van der Waals surface area (Å²) in [5.74, 6) is -4.82. The summed E-state index contributed by atoms with van der Waals surface area (Å²) in [5.41, 5.74) is 0.341. The third-order valence-corrected chi connectivity index (χ3v) is 11.7. The number of nitrogens with zero attached hydrogens (tertiary/aromatic N) is 6. The van der Waals surface area contributed by atoms with Crippen molar-refractivity contribution in [1.29, 1.82) is 0 Å². The minimum Gasteiger partial charge on any atom is -0.475 e. The van der Waals surface area contributed by atoms with E-state index in [0.717, 1.165) is 23.8 Å². The second-order valence-electron chi connectivity index (χ2n) is 16.3. The van der Waals surface area contributed by atoms with Crippen LogP contribution < -0.4 is 5.56 Å². The molecule has 2 aliphatic rings. The van der Waals surface area contributed by atoms with Crippen molar-refractivity contribution >= 4 is 28.8 Å². The number of aryl methyl sites for hydroxylation is 2. The van der Waals surface area contributed by atoms with E-state index in [1.165, 1.54) is 30.5 Å². The first-order valence-corrected chi connectivity index (χ1v) is 20.9. The van der Waals surface area contributed by atoms with Gasteiger partial charge in [0, 0.05) is 51.4 Å². The van der Waals surface area contributed by atoms with E-state index in [0.29, 0.717) is 63.4 Å². The zero-order valence-corrected chi connectivity index (χ0v) is 35.8. The molecule has 7 rings (SSSR count). The van der Waals surface area contributed by atoms with Gasteiger partial charge in [0.05, 0.1) is 29.7 Å². The smallest absolute Gasteiger partial charge is 0.475 e. The fourth-order valence-corrected chi connectivity index (χ4v) is 8.01. The number of ether oxygens (including phenoxy) is 1. The highest BCUT2D eigenvalue weighted by atomic mass is 19.4. The van der Waals surface area contributed by atoms with Crippen molar-refractivity contribution in [3.63, 3.8) is 0 Å². The number of likely N-dealkylation sites (tertiary alicyclic amines) is 1. The molecular formula is C46H46F8N6O6. The first-order valence-electron chi connectivity index (χ1n) is 20.9. The number of fused-ring (bicyclic) bond motifs is 1. The summed E-state index contributed by atoms with van der Waals surface area (Å²) in [5, 5.41) is 7.33. The van der Waals surface area contributed by atoms with Crippen LogP contribution in [0.5, 0.6) is 0 Å². The van der Waals surface area contributed by atoms with Gasteiger partial charge in [0.1, 0.15) is 18.0 Å². The third kappa shape index (κ3) is 11.7. The van der Waals surface area contributed by atoms with E-state index in [2.05, 4.69) is 14.9 Å². The number of alkyl halides is 6.